The van der Waals surface area contributed by atoms with Gasteiger partial charge in [0.2, 0.25) is 0 Å². The standard InChI is InChI=1S/C23H22N4O4/c28-22(29)21-13-26(25-24-21)12-15-6-5-11-27(15)23(30)31-14-20-18-9-3-1-7-16(18)17-8-2-4-10-19(17)20/h1-4,7-10,13,15,20H,5-6,11-12,14H2,(H,28,29)/t15-/m0/s1. The average Bonchev–Trinajstić information content (AvgIpc) is 3.50. The molecular formula is C23H22N4O4. The van der Waals surface area contributed by atoms with Crippen LogP contribution in [0, 0.1) is 0 Å². The largest absolute Gasteiger partial charge is 0.476 e. The third-order valence-corrected chi connectivity index (χ3v) is 6.10. The number of fused-ring (bicyclic) bond motifs is 3. The van der Waals surface area contributed by atoms with Crippen molar-refractivity contribution < 1.29 is 19.4 Å². The van der Waals surface area contributed by atoms with E-state index in [0.717, 1.165) is 12.8 Å². The third-order valence-electron chi connectivity index (χ3n) is 6.10. The SMILES string of the molecule is O=C(O)c1cn(C[C@@H]2CCCN2C(=O)OCC2c3ccccc3-c3ccccc32)nn1. The summed E-state index contributed by atoms with van der Waals surface area (Å²) >= 11 is 0. The summed E-state index contributed by atoms with van der Waals surface area (Å²) < 4.78 is 7.26. The number of nitrogens with zero attached hydrogens (tertiary/aromatic N) is 4. The van der Waals surface area contributed by atoms with Crippen molar-refractivity contribution in [2.75, 3.05) is 13.2 Å². The number of aromatic nitrogens is 3. The zero-order valence-corrected chi connectivity index (χ0v) is 16.8. The number of rotatable bonds is 5. The topological polar surface area (TPSA) is 97.5 Å². The van der Waals surface area contributed by atoms with Crippen molar-refractivity contribution in [1.82, 2.24) is 19.9 Å². The van der Waals surface area contributed by atoms with E-state index in [1.807, 2.05) is 24.3 Å². The van der Waals surface area contributed by atoms with Gasteiger partial charge in [0.15, 0.2) is 5.69 Å². The lowest BCUT2D eigenvalue weighted by Gasteiger charge is -2.25. The van der Waals surface area contributed by atoms with Crippen LogP contribution < -0.4 is 0 Å². The predicted octanol–water partition coefficient (Wildman–Crippen LogP) is 3.39. The number of hydrogen-bond donors (Lipinski definition) is 1. The lowest BCUT2D eigenvalue weighted by atomic mass is 9.98. The maximum Gasteiger partial charge on any atom is 0.410 e. The smallest absolute Gasteiger partial charge is 0.410 e. The van der Waals surface area contributed by atoms with Crippen LogP contribution in [0.25, 0.3) is 11.1 Å². The highest BCUT2D eigenvalue weighted by Gasteiger charge is 2.33. The number of carboxylic acid groups (broad SMARTS) is 1. The number of carbonyl (C=O) groups excluding carboxylic acids is 1. The molecule has 158 valence electrons. The minimum atomic E-state index is -1.12. The van der Waals surface area contributed by atoms with Gasteiger partial charge < -0.3 is 14.7 Å². The van der Waals surface area contributed by atoms with Crippen molar-refractivity contribution in [3.63, 3.8) is 0 Å². The quantitative estimate of drug-likeness (QED) is 0.682. The molecule has 0 bridgehead atoms. The molecule has 1 N–H and O–H groups in total. The van der Waals surface area contributed by atoms with Gasteiger partial charge in [-0.15, -0.1) is 5.10 Å². The maximum atomic E-state index is 12.9. The minimum absolute atomic E-state index is 0.0193. The number of carbonyl (C=O) groups is 2. The number of benzene rings is 2. The molecule has 1 aliphatic carbocycles. The molecule has 0 saturated carbocycles. The minimum Gasteiger partial charge on any atom is -0.476 e. The van der Waals surface area contributed by atoms with Crippen molar-refractivity contribution in [3.05, 3.63) is 71.5 Å². The Kier molecular flexibility index (Phi) is 4.89. The van der Waals surface area contributed by atoms with Gasteiger partial charge in [0.05, 0.1) is 18.8 Å². The van der Waals surface area contributed by atoms with E-state index in [4.69, 9.17) is 9.84 Å². The summed E-state index contributed by atoms with van der Waals surface area (Å²) in [6, 6.07) is 16.4. The first-order valence-electron chi connectivity index (χ1n) is 10.4. The Bertz CT molecular complexity index is 1100. The summed E-state index contributed by atoms with van der Waals surface area (Å²) in [5.41, 5.74) is 4.64. The van der Waals surface area contributed by atoms with Crippen LogP contribution in [-0.4, -0.2) is 56.3 Å². The molecule has 1 aliphatic heterocycles. The Balaban J connectivity index is 1.27. The molecule has 3 aromatic rings. The number of carboxylic acids is 1. The molecule has 1 atom stereocenters. The number of likely N-dealkylation sites (tertiary alicyclic amines) is 1. The molecular weight excluding hydrogens is 396 g/mol. The first-order chi connectivity index (χ1) is 15.1. The normalized spacial score (nSPS) is 17.4. The first-order valence-corrected chi connectivity index (χ1v) is 10.4. The molecule has 1 saturated heterocycles. The molecule has 8 heteroatoms. The van der Waals surface area contributed by atoms with Gasteiger partial charge in [0.25, 0.3) is 0 Å². The Labute approximate surface area is 179 Å². The van der Waals surface area contributed by atoms with E-state index in [1.165, 1.54) is 33.1 Å². The zero-order valence-electron chi connectivity index (χ0n) is 16.8. The van der Waals surface area contributed by atoms with Gasteiger partial charge in [-0.2, -0.15) is 0 Å². The van der Waals surface area contributed by atoms with Crippen molar-refractivity contribution in [3.8, 4) is 11.1 Å². The molecule has 1 fully saturated rings. The summed E-state index contributed by atoms with van der Waals surface area (Å²) in [5, 5.41) is 16.5. The van der Waals surface area contributed by atoms with Crippen LogP contribution in [0.5, 0.6) is 0 Å². The number of amides is 1. The van der Waals surface area contributed by atoms with Crippen molar-refractivity contribution in [2.45, 2.75) is 31.3 Å². The van der Waals surface area contributed by atoms with Crippen LogP contribution in [0.1, 0.15) is 40.4 Å². The fourth-order valence-corrected chi connectivity index (χ4v) is 4.64. The Hall–Kier alpha value is -3.68. The molecule has 0 spiro atoms. The van der Waals surface area contributed by atoms with Gasteiger partial charge in [0, 0.05) is 12.5 Å². The average molecular weight is 418 g/mol. The van der Waals surface area contributed by atoms with E-state index >= 15 is 0 Å². The molecule has 1 aromatic heterocycles. The highest BCUT2D eigenvalue weighted by molar-refractivity contribution is 5.84. The van der Waals surface area contributed by atoms with Gasteiger partial charge in [-0.05, 0) is 35.1 Å². The van der Waals surface area contributed by atoms with Crippen molar-refractivity contribution in [1.29, 1.82) is 0 Å². The van der Waals surface area contributed by atoms with E-state index in [-0.39, 0.29) is 30.4 Å². The zero-order chi connectivity index (χ0) is 21.4. The second-order valence-electron chi connectivity index (χ2n) is 7.92. The summed E-state index contributed by atoms with van der Waals surface area (Å²) in [6.07, 6.45) is 2.72. The second-order valence-corrected chi connectivity index (χ2v) is 7.92. The molecule has 2 heterocycles. The van der Waals surface area contributed by atoms with Crippen molar-refractivity contribution in [2.24, 2.45) is 0 Å². The first kappa shape index (κ1) is 19.3. The second kappa shape index (κ2) is 7.86. The molecule has 2 aromatic carbocycles. The number of aromatic carboxylic acids is 1. The molecule has 1 amide bonds. The molecule has 0 radical (unpaired) electrons. The lowest BCUT2D eigenvalue weighted by Crippen LogP contribution is -2.39. The van der Waals surface area contributed by atoms with Gasteiger partial charge in [0.1, 0.15) is 6.61 Å². The summed E-state index contributed by atoms with van der Waals surface area (Å²) in [5.74, 6) is -1.10. The van der Waals surface area contributed by atoms with Crippen LogP contribution in [0.15, 0.2) is 54.7 Å². The van der Waals surface area contributed by atoms with Crippen molar-refractivity contribution >= 4 is 12.1 Å². The van der Waals surface area contributed by atoms with E-state index in [0.29, 0.717) is 13.1 Å². The van der Waals surface area contributed by atoms with Gasteiger partial charge in [-0.25, -0.2) is 14.3 Å². The Morgan fingerprint density at radius 1 is 1.06 bits per heavy atom. The summed E-state index contributed by atoms with van der Waals surface area (Å²) in [7, 11) is 0. The van der Waals surface area contributed by atoms with Crippen LogP contribution in [-0.2, 0) is 11.3 Å². The lowest BCUT2D eigenvalue weighted by molar-refractivity contribution is 0.0689. The highest BCUT2D eigenvalue weighted by atomic mass is 16.6. The molecule has 8 nitrogen and oxygen atoms in total. The fraction of sp³-hybridized carbons (Fsp3) is 0.304. The van der Waals surface area contributed by atoms with E-state index < -0.39 is 5.97 Å². The Morgan fingerprint density at radius 2 is 1.74 bits per heavy atom. The van der Waals surface area contributed by atoms with E-state index in [1.54, 1.807) is 4.90 Å². The molecule has 2 aliphatic rings. The number of hydrogen-bond acceptors (Lipinski definition) is 5. The molecule has 5 rings (SSSR count). The van der Waals surface area contributed by atoms with Crippen LogP contribution in [0.4, 0.5) is 4.79 Å². The van der Waals surface area contributed by atoms with Gasteiger partial charge in [-0.1, -0.05) is 53.7 Å². The van der Waals surface area contributed by atoms with Crippen LogP contribution in [0.3, 0.4) is 0 Å². The van der Waals surface area contributed by atoms with Gasteiger partial charge >= 0.3 is 12.1 Å². The monoisotopic (exact) mass is 418 g/mol. The number of ether oxygens (including phenoxy) is 1. The Morgan fingerprint density at radius 3 is 2.39 bits per heavy atom. The summed E-state index contributed by atoms with van der Waals surface area (Å²) in [4.78, 5) is 25.6. The molecule has 31 heavy (non-hydrogen) atoms. The fourth-order valence-electron chi connectivity index (χ4n) is 4.64. The van der Waals surface area contributed by atoms with Gasteiger partial charge in [-0.3, -0.25) is 0 Å². The van der Waals surface area contributed by atoms with Crippen LogP contribution >= 0.6 is 0 Å². The van der Waals surface area contributed by atoms with Crippen LogP contribution in [0.2, 0.25) is 0 Å². The molecule has 0 unspecified atom stereocenters. The van der Waals surface area contributed by atoms with E-state index in [9.17, 15) is 9.59 Å². The third kappa shape index (κ3) is 3.54. The van der Waals surface area contributed by atoms with E-state index in [2.05, 4.69) is 34.6 Å². The predicted molar refractivity (Wildman–Crippen MR) is 112 cm³/mol. The maximum absolute atomic E-state index is 12.9. The summed E-state index contributed by atoms with van der Waals surface area (Å²) in [6.45, 7) is 1.29. The highest BCUT2D eigenvalue weighted by Crippen LogP contribution is 2.44.